The lowest BCUT2D eigenvalue weighted by Crippen LogP contribution is -2.40. The van der Waals surface area contributed by atoms with E-state index in [0.29, 0.717) is 30.4 Å². The molecule has 3 aliphatic rings. The number of hydrogen-bond donors (Lipinski definition) is 1. The van der Waals surface area contributed by atoms with E-state index in [9.17, 15) is 9.59 Å². The maximum atomic E-state index is 12.6. The number of pyridine rings is 1. The number of hydrazone groups is 1. The molecule has 144 valence electrons. The minimum Gasteiger partial charge on any atom is -0.337 e. The lowest BCUT2D eigenvalue weighted by atomic mass is 9.83. The van der Waals surface area contributed by atoms with Crippen LogP contribution in [0, 0.1) is 11.8 Å². The molecule has 3 aliphatic heterocycles. The first-order valence-electron chi connectivity index (χ1n) is 9.95. The molecule has 4 rings (SSSR count). The molecule has 0 spiro atoms. The molecule has 27 heavy (non-hydrogen) atoms. The molecule has 7 nitrogen and oxygen atoms in total. The first-order valence-corrected chi connectivity index (χ1v) is 9.95. The van der Waals surface area contributed by atoms with Crippen molar-refractivity contribution in [3.63, 3.8) is 0 Å². The summed E-state index contributed by atoms with van der Waals surface area (Å²) in [6, 6.07) is 4.13. The first-order chi connectivity index (χ1) is 13.2. The summed E-state index contributed by atoms with van der Waals surface area (Å²) in [6.07, 6.45) is 8.06. The summed E-state index contributed by atoms with van der Waals surface area (Å²) in [4.78, 5) is 32.5. The molecule has 0 saturated carbocycles. The highest BCUT2D eigenvalue weighted by atomic mass is 16.2. The minimum atomic E-state index is -0.108. The summed E-state index contributed by atoms with van der Waals surface area (Å²) in [7, 11) is 0. The van der Waals surface area contributed by atoms with Gasteiger partial charge in [-0.1, -0.05) is 6.07 Å². The van der Waals surface area contributed by atoms with Crippen molar-refractivity contribution in [3.05, 3.63) is 30.1 Å². The molecule has 0 aliphatic carbocycles. The van der Waals surface area contributed by atoms with Gasteiger partial charge in [-0.05, 0) is 55.8 Å². The van der Waals surface area contributed by atoms with E-state index in [1.807, 2.05) is 23.4 Å². The van der Waals surface area contributed by atoms with Crippen molar-refractivity contribution in [2.75, 3.05) is 26.2 Å². The average Bonchev–Trinajstić information content (AvgIpc) is 3.20. The average molecular weight is 369 g/mol. The highest BCUT2D eigenvalue weighted by molar-refractivity contribution is 6.39. The van der Waals surface area contributed by atoms with Crippen LogP contribution in [-0.4, -0.2) is 58.5 Å². The van der Waals surface area contributed by atoms with E-state index < -0.39 is 0 Å². The zero-order chi connectivity index (χ0) is 18.6. The molecule has 0 aromatic carbocycles. The van der Waals surface area contributed by atoms with E-state index >= 15 is 0 Å². The van der Waals surface area contributed by atoms with E-state index in [-0.39, 0.29) is 11.8 Å². The van der Waals surface area contributed by atoms with E-state index in [1.165, 1.54) is 18.4 Å². The van der Waals surface area contributed by atoms with Crippen LogP contribution in [0.1, 0.15) is 37.7 Å². The smallest absolute Gasteiger partial charge is 0.270 e. The third kappa shape index (κ3) is 4.35. The Balaban J connectivity index is 1.25. The summed E-state index contributed by atoms with van der Waals surface area (Å²) in [5.41, 5.74) is 4.20. The van der Waals surface area contributed by atoms with Crippen LogP contribution in [0.15, 0.2) is 29.6 Å². The number of likely N-dealkylation sites (tertiary alicyclic amines) is 2. The Labute approximate surface area is 159 Å². The van der Waals surface area contributed by atoms with Crippen molar-refractivity contribution in [3.8, 4) is 0 Å². The largest absolute Gasteiger partial charge is 0.337 e. The summed E-state index contributed by atoms with van der Waals surface area (Å²) >= 11 is 0. The summed E-state index contributed by atoms with van der Waals surface area (Å²) < 4.78 is 0. The number of rotatable bonds is 4. The Kier molecular flexibility index (Phi) is 5.48. The van der Waals surface area contributed by atoms with Crippen molar-refractivity contribution in [2.45, 2.75) is 38.6 Å². The highest BCUT2D eigenvalue weighted by Gasteiger charge is 2.35. The number of nitrogens with one attached hydrogen (secondary N) is 1. The Morgan fingerprint density at radius 2 is 1.96 bits per heavy atom. The second-order valence-corrected chi connectivity index (χ2v) is 7.87. The van der Waals surface area contributed by atoms with E-state index in [0.717, 1.165) is 39.1 Å². The normalized spacial score (nSPS) is 24.6. The molecule has 1 atom stereocenters. The number of hydrogen-bond acceptors (Lipinski definition) is 5. The fraction of sp³-hybridized carbons (Fsp3) is 0.600. The predicted octanol–water partition coefficient (Wildman–Crippen LogP) is 1.41. The molecule has 0 radical (unpaired) electrons. The molecule has 1 N–H and O–H groups in total. The number of aromatic nitrogens is 1. The van der Waals surface area contributed by atoms with Gasteiger partial charge in [-0.15, -0.1) is 0 Å². The van der Waals surface area contributed by atoms with Crippen molar-refractivity contribution >= 4 is 17.5 Å². The van der Waals surface area contributed by atoms with Gasteiger partial charge in [-0.25, -0.2) is 5.43 Å². The molecule has 1 aromatic heterocycles. The third-order valence-corrected chi connectivity index (χ3v) is 6.09. The van der Waals surface area contributed by atoms with Gasteiger partial charge in [-0.3, -0.25) is 19.5 Å². The van der Waals surface area contributed by atoms with Crippen LogP contribution in [0.3, 0.4) is 0 Å². The van der Waals surface area contributed by atoms with Gasteiger partial charge in [0.2, 0.25) is 5.91 Å². The second-order valence-electron chi connectivity index (χ2n) is 7.87. The maximum Gasteiger partial charge on any atom is 0.270 e. The van der Waals surface area contributed by atoms with Crippen LogP contribution in [0.2, 0.25) is 0 Å². The van der Waals surface area contributed by atoms with Crippen LogP contribution in [0.25, 0.3) is 0 Å². The first kappa shape index (κ1) is 18.1. The summed E-state index contributed by atoms with van der Waals surface area (Å²) in [5, 5.41) is 3.96. The molecule has 2 fully saturated rings. The van der Waals surface area contributed by atoms with E-state index in [4.69, 9.17) is 0 Å². The van der Waals surface area contributed by atoms with Crippen LogP contribution in [-0.2, 0) is 16.1 Å². The van der Waals surface area contributed by atoms with Gasteiger partial charge in [-0.2, -0.15) is 5.10 Å². The van der Waals surface area contributed by atoms with Gasteiger partial charge < -0.3 is 4.90 Å². The van der Waals surface area contributed by atoms with Crippen molar-refractivity contribution in [1.82, 2.24) is 20.2 Å². The molecule has 7 heteroatoms. The van der Waals surface area contributed by atoms with Crippen LogP contribution in [0.5, 0.6) is 0 Å². The van der Waals surface area contributed by atoms with Crippen LogP contribution in [0.4, 0.5) is 0 Å². The van der Waals surface area contributed by atoms with Crippen molar-refractivity contribution < 1.29 is 9.59 Å². The zero-order valence-electron chi connectivity index (χ0n) is 15.6. The molecule has 1 aromatic rings. The van der Waals surface area contributed by atoms with Crippen molar-refractivity contribution in [1.29, 1.82) is 0 Å². The van der Waals surface area contributed by atoms with Crippen molar-refractivity contribution in [2.24, 2.45) is 16.9 Å². The molecular formula is C20H27N5O2. The Hall–Kier alpha value is -2.28. The lowest BCUT2D eigenvalue weighted by Gasteiger charge is -2.34. The number of carbonyl (C=O) groups is 2. The topological polar surface area (TPSA) is 77.9 Å². The fourth-order valence-corrected chi connectivity index (χ4v) is 4.50. The Morgan fingerprint density at radius 3 is 2.67 bits per heavy atom. The molecular weight excluding hydrogens is 342 g/mol. The Morgan fingerprint density at radius 1 is 1.15 bits per heavy atom. The van der Waals surface area contributed by atoms with E-state index in [1.54, 1.807) is 0 Å². The van der Waals surface area contributed by atoms with Gasteiger partial charge in [0.1, 0.15) is 5.71 Å². The fourth-order valence-electron chi connectivity index (χ4n) is 4.50. The van der Waals surface area contributed by atoms with Gasteiger partial charge >= 0.3 is 0 Å². The summed E-state index contributed by atoms with van der Waals surface area (Å²) in [6.45, 7) is 4.85. The highest BCUT2D eigenvalue weighted by Crippen LogP contribution is 2.32. The molecule has 0 bridgehead atoms. The standard InChI is InChI=1S/C20H27N5O2/c26-19-4-3-18(22-23-19)20(27)25-11-7-17(14-25)16-5-9-24(10-6-16)13-15-2-1-8-21-12-15/h1-2,8,12,16-17H,3-7,9-11,13-14H2,(H,23,26)/t17-/m0/s1. The summed E-state index contributed by atoms with van der Waals surface area (Å²) in [5.74, 6) is 1.18. The lowest BCUT2D eigenvalue weighted by molar-refractivity contribution is -0.124. The van der Waals surface area contributed by atoms with Crippen LogP contribution >= 0.6 is 0 Å². The number of carbonyl (C=O) groups excluding carboxylic acids is 2. The van der Waals surface area contributed by atoms with E-state index in [2.05, 4.69) is 26.5 Å². The van der Waals surface area contributed by atoms with Crippen LogP contribution < -0.4 is 5.43 Å². The number of nitrogens with zero attached hydrogens (tertiary/aromatic N) is 4. The predicted molar refractivity (Wildman–Crippen MR) is 102 cm³/mol. The number of amides is 2. The number of piperidine rings is 1. The third-order valence-electron chi connectivity index (χ3n) is 6.09. The molecule has 2 saturated heterocycles. The van der Waals surface area contributed by atoms with Gasteiger partial charge in [0.15, 0.2) is 0 Å². The quantitative estimate of drug-likeness (QED) is 0.870. The molecule has 2 amide bonds. The van der Waals surface area contributed by atoms with Gasteiger partial charge in [0, 0.05) is 44.9 Å². The zero-order valence-corrected chi connectivity index (χ0v) is 15.6. The van der Waals surface area contributed by atoms with Gasteiger partial charge in [0.25, 0.3) is 5.91 Å². The Bertz CT molecular complexity index is 712. The maximum absolute atomic E-state index is 12.6. The molecule has 4 heterocycles. The molecule has 0 unspecified atom stereocenters. The van der Waals surface area contributed by atoms with Gasteiger partial charge in [0.05, 0.1) is 0 Å². The monoisotopic (exact) mass is 369 g/mol. The SMILES string of the molecule is O=C1CCC(C(=O)N2CC[C@H](C3CCN(Cc4cccnc4)CC3)C2)=NN1. The second kappa shape index (κ2) is 8.17. The minimum absolute atomic E-state index is 0.00603.